The van der Waals surface area contributed by atoms with Crippen molar-refractivity contribution in [2.45, 2.75) is 64.3 Å². The van der Waals surface area contributed by atoms with Crippen LogP contribution in [0.25, 0.3) is 0 Å². The van der Waals surface area contributed by atoms with Gasteiger partial charge in [-0.15, -0.1) is 0 Å². The van der Waals surface area contributed by atoms with Crippen molar-refractivity contribution in [1.82, 2.24) is 0 Å². The third-order valence-electron chi connectivity index (χ3n) is 5.92. The third kappa shape index (κ3) is 3.35. The van der Waals surface area contributed by atoms with E-state index in [4.69, 9.17) is 18.6 Å². The molecule has 0 aromatic heterocycles. The van der Waals surface area contributed by atoms with Crippen molar-refractivity contribution in [2.75, 3.05) is 13.2 Å². The Hall–Kier alpha value is -1.02. The minimum atomic E-state index is -1.99. The number of hydrogen-bond donors (Lipinski definition) is 0. The molecule has 2 aliphatic heterocycles. The van der Waals surface area contributed by atoms with Crippen molar-refractivity contribution >= 4 is 20.1 Å². The van der Waals surface area contributed by atoms with Crippen LogP contribution in [0.1, 0.15) is 27.7 Å². The number of ketones is 1. The highest BCUT2D eigenvalue weighted by molar-refractivity contribution is 6.74. The molecule has 0 aromatic rings. The maximum Gasteiger partial charge on any atom is 0.303 e. The van der Waals surface area contributed by atoms with Gasteiger partial charge in [-0.3, -0.25) is 9.59 Å². The summed E-state index contributed by atoms with van der Waals surface area (Å²) in [6.07, 6.45) is 0.0415. The van der Waals surface area contributed by atoms with Crippen LogP contribution in [0.3, 0.4) is 0 Å². The van der Waals surface area contributed by atoms with Gasteiger partial charge in [-0.25, -0.2) is 0 Å². The molecule has 0 spiro atoms. The van der Waals surface area contributed by atoms with Crippen LogP contribution in [0, 0.1) is 11.8 Å². The molecule has 3 rings (SSSR count). The summed E-state index contributed by atoms with van der Waals surface area (Å²) in [7, 11) is -1.99. The summed E-state index contributed by atoms with van der Waals surface area (Å²) in [5, 5.41) is 0.0584. The van der Waals surface area contributed by atoms with Crippen molar-refractivity contribution in [1.29, 1.82) is 0 Å². The van der Waals surface area contributed by atoms with Gasteiger partial charge in [0.25, 0.3) is 0 Å². The van der Waals surface area contributed by atoms with E-state index in [-0.39, 0.29) is 16.7 Å². The van der Waals surface area contributed by atoms with Crippen LogP contribution < -0.4 is 0 Å². The van der Waals surface area contributed by atoms with Gasteiger partial charge >= 0.3 is 5.97 Å². The molecule has 0 N–H and O–H groups in total. The molecule has 7 heteroatoms. The van der Waals surface area contributed by atoms with Gasteiger partial charge in [0.05, 0.1) is 19.1 Å². The maximum atomic E-state index is 12.5. The maximum absolute atomic E-state index is 12.5. The molecular formula is C18H28O6Si. The first-order valence-corrected chi connectivity index (χ1v) is 11.7. The molecular weight excluding hydrogens is 340 g/mol. The zero-order chi connectivity index (χ0) is 18.6. The molecule has 2 fully saturated rings. The second kappa shape index (κ2) is 6.30. The van der Waals surface area contributed by atoms with E-state index < -0.39 is 38.7 Å². The Morgan fingerprint density at radius 1 is 1.32 bits per heavy atom. The SMILES string of the molecule is CC(=O)O[C@H]1[C@H]2C(=O)C=C3CO[C@@H](O[C@@H]1CO[Si](C)(C)C(C)(C)C)[C@H]32. The van der Waals surface area contributed by atoms with Crippen LogP contribution in [-0.4, -0.2) is 51.8 Å². The first-order chi connectivity index (χ1) is 11.5. The van der Waals surface area contributed by atoms with Crippen LogP contribution in [-0.2, 0) is 28.2 Å². The predicted octanol–water partition coefficient (Wildman–Crippen LogP) is 2.44. The summed E-state index contributed by atoms with van der Waals surface area (Å²) < 4.78 is 23.6. The van der Waals surface area contributed by atoms with E-state index >= 15 is 0 Å². The number of esters is 1. The normalized spacial score (nSPS) is 34.7. The fraction of sp³-hybridized carbons (Fsp3) is 0.778. The molecule has 0 amide bonds. The van der Waals surface area contributed by atoms with Crippen LogP contribution in [0.5, 0.6) is 0 Å². The minimum absolute atomic E-state index is 0.000163. The average Bonchev–Trinajstić information content (AvgIpc) is 3.00. The Bertz CT molecular complexity index is 605. The molecule has 0 unspecified atom stereocenters. The second-order valence-corrected chi connectivity index (χ2v) is 13.5. The Kier molecular flexibility index (Phi) is 4.73. The summed E-state index contributed by atoms with van der Waals surface area (Å²) in [5.74, 6) is -0.973. The van der Waals surface area contributed by atoms with Crippen molar-refractivity contribution in [2.24, 2.45) is 11.8 Å². The fourth-order valence-electron chi connectivity index (χ4n) is 3.50. The molecule has 140 valence electrons. The topological polar surface area (TPSA) is 71.1 Å². The fourth-order valence-corrected chi connectivity index (χ4v) is 4.51. The Morgan fingerprint density at radius 2 is 2.00 bits per heavy atom. The van der Waals surface area contributed by atoms with E-state index in [0.717, 1.165) is 5.57 Å². The van der Waals surface area contributed by atoms with Crippen LogP contribution in [0.15, 0.2) is 11.6 Å². The number of allylic oxidation sites excluding steroid dienone is 1. The zero-order valence-electron chi connectivity index (χ0n) is 15.8. The van der Waals surface area contributed by atoms with Gasteiger partial charge in [0, 0.05) is 12.8 Å². The molecule has 3 aliphatic rings. The lowest BCUT2D eigenvalue weighted by Gasteiger charge is -2.43. The zero-order valence-corrected chi connectivity index (χ0v) is 16.8. The van der Waals surface area contributed by atoms with E-state index in [1.165, 1.54) is 6.92 Å². The predicted molar refractivity (Wildman–Crippen MR) is 93.4 cm³/mol. The molecule has 0 saturated carbocycles. The van der Waals surface area contributed by atoms with E-state index in [9.17, 15) is 9.59 Å². The Labute approximate surface area is 150 Å². The molecule has 0 radical (unpaired) electrons. The first-order valence-electron chi connectivity index (χ1n) is 8.84. The molecule has 0 aromatic carbocycles. The molecule has 1 aliphatic carbocycles. The first kappa shape index (κ1) is 18.8. The number of rotatable bonds is 4. The van der Waals surface area contributed by atoms with E-state index in [1.54, 1.807) is 6.08 Å². The summed E-state index contributed by atoms with van der Waals surface area (Å²) >= 11 is 0. The van der Waals surface area contributed by atoms with Gasteiger partial charge in [0.1, 0.15) is 12.2 Å². The Morgan fingerprint density at radius 3 is 2.60 bits per heavy atom. The Balaban J connectivity index is 1.80. The summed E-state index contributed by atoms with van der Waals surface area (Å²) in [5.41, 5.74) is 0.945. The summed E-state index contributed by atoms with van der Waals surface area (Å²) in [6, 6.07) is 0. The second-order valence-electron chi connectivity index (χ2n) is 8.67. The average molecular weight is 369 g/mol. The number of carbonyl (C=O) groups is 2. The molecule has 2 heterocycles. The van der Waals surface area contributed by atoms with Gasteiger partial charge in [0.15, 0.2) is 20.4 Å². The standard InChI is InChI=1S/C18H28O6Si/c1-10(19)23-16-13(9-22-25(5,6)18(2,3)4)24-17-14-11(8-21-17)7-12(20)15(14)16/h7,13-17H,8-9H2,1-6H3/t13-,14-,15+,16-,17+/m1/s1. The van der Waals surface area contributed by atoms with Gasteiger partial charge in [-0.1, -0.05) is 20.8 Å². The molecule has 5 atom stereocenters. The summed E-state index contributed by atoms with van der Waals surface area (Å²) in [6.45, 7) is 12.9. The quantitative estimate of drug-likeness (QED) is 0.561. The lowest BCUT2D eigenvalue weighted by Crippen LogP contribution is -2.55. The van der Waals surface area contributed by atoms with E-state index in [2.05, 4.69) is 33.9 Å². The van der Waals surface area contributed by atoms with Gasteiger partial charge in [0.2, 0.25) is 0 Å². The number of hydrogen-bond acceptors (Lipinski definition) is 6. The van der Waals surface area contributed by atoms with E-state index in [1.807, 2.05) is 0 Å². The van der Waals surface area contributed by atoms with E-state index in [0.29, 0.717) is 13.2 Å². The molecule has 25 heavy (non-hydrogen) atoms. The van der Waals surface area contributed by atoms with Crippen molar-refractivity contribution in [3.05, 3.63) is 11.6 Å². The van der Waals surface area contributed by atoms with Crippen molar-refractivity contribution < 1.29 is 28.2 Å². The monoisotopic (exact) mass is 368 g/mol. The lowest BCUT2D eigenvalue weighted by atomic mass is 9.82. The van der Waals surface area contributed by atoms with Gasteiger partial charge in [-0.2, -0.15) is 0 Å². The highest BCUT2D eigenvalue weighted by Crippen LogP contribution is 2.47. The van der Waals surface area contributed by atoms with Crippen molar-refractivity contribution in [3.63, 3.8) is 0 Å². The highest BCUT2D eigenvalue weighted by Gasteiger charge is 2.57. The lowest BCUT2D eigenvalue weighted by molar-refractivity contribution is -0.244. The van der Waals surface area contributed by atoms with Gasteiger partial charge in [-0.05, 0) is 29.8 Å². The van der Waals surface area contributed by atoms with Crippen LogP contribution in [0.2, 0.25) is 18.1 Å². The largest absolute Gasteiger partial charge is 0.459 e. The summed E-state index contributed by atoms with van der Waals surface area (Å²) in [4.78, 5) is 24.1. The minimum Gasteiger partial charge on any atom is -0.459 e. The van der Waals surface area contributed by atoms with Crippen molar-refractivity contribution in [3.8, 4) is 0 Å². The molecule has 6 nitrogen and oxygen atoms in total. The molecule has 2 saturated heterocycles. The highest BCUT2D eigenvalue weighted by atomic mass is 28.4. The smallest absolute Gasteiger partial charge is 0.303 e. The van der Waals surface area contributed by atoms with Gasteiger partial charge < -0.3 is 18.6 Å². The van der Waals surface area contributed by atoms with Crippen LogP contribution >= 0.6 is 0 Å². The van der Waals surface area contributed by atoms with Crippen LogP contribution in [0.4, 0.5) is 0 Å². The molecule has 0 bridgehead atoms. The third-order valence-corrected chi connectivity index (χ3v) is 10.4. The number of carbonyl (C=O) groups excluding carboxylic acids is 2. The number of ether oxygens (including phenoxy) is 3.